The maximum Gasteiger partial charge on any atom is 0.250 e. The molecular formula is C22H21BrN2O2. The van der Waals surface area contributed by atoms with Crippen LogP contribution in [-0.2, 0) is 7.05 Å². The lowest BCUT2D eigenvalue weighted by molar-refractivity contribution is 0.317. The van der Waals surface area contributed by atoms with E-state index in [1.165, 1.54) is 21.8 Å². The monoisotopic (exact) mass is 424 g/mol. The zero-order valence-corrected chi connectivity index (χ0v) is 16.8. The molecule has 0 fully saturated rings. The van der Waals surface area contributed by atoms with Crippen molar-refractivity contribution in [2.24, 2.45) is 12.2 Å². The molecule has 0 radical (unpaired) electrons. The van der Waals surface area contributed by atoms with Crippen LogP contribution in [0, 0.1) is 6.92 Å². The predicted molar refractivity (Wildman–Crippen MR) is 112 cm³/mol. The first-order valence-electron chi connectivity index (χ1n) is 8.68. The lowest BCUT2D eigenvalue weighted by Gasteiger charge is -2.21. The van der Waals surface area contributed by atoms with Crippen LogP contribution in [-0.4, -0.2) is 15.5 Å². The number of halogens is 1. The summed E-state index contributed by atoms with van der Waals surface area (Å²) in [4.78, 5) is 11.7. The third kappa shape index (κ3) is 4.37. The molecule has 0 aliphatic heterocycles. The number of oxime groups is 1. The van der Waals surface area contributed by atoms with Crippen LogP contribution in [0.1, 0.15) is 34.6 Å². The summed E-state index contributed by atoms with van der Waals surface area (Å²) in [5.41, 5.74) is 4.68. The van der Waals surface area contributed by atoms with E-state index in [2.05, 4.69) is 52.3 Å². The van der Waals surface area contributed by atoms with Gasteiger partial charge in [-0.15, -0.1) is 0 Å². The van der Waals surface area contributed by atoms with Gasteiger partial charge in [-0.3, -0.25) is 4.79 Å². The van der Waals surface area contributed by atoms with Crippen molar-refractivity contribution < 1.29 is 5.21 Å². The molecule has 0 saturated carbocycles. The molecule has 0 aliphatic rings. The molecular weight excluding hydrogens is 404 g/mol. The Bertz CT molecular complexity index is 1020. The van der Waals surface area contributed by atoms with E-state index in [9.17, 15) is 10.0 Å². The molecule has 3 rings (SSSR count). The first-order chi connectivity index (χ1) is 13.0. The summed E-state index contributed by atoms with van der Waals surface area (Å²) < 4.78 is 2.51. The lowest BCUT2D eigenvalue weighted by Crippen LogP contribution is -2.18. The summed E-state index contributed by atoms with van der Waals surface area (Å²) in [5.74, 6) is 0.0300. The summed E-state index contributed by atoms with van der Waals surface area (Å²) in [6.07, 6.45) is 2.22. The van der Waals surface area contributed by atoms with Crippen LogP contribution in [0.3, 0.4) is 0 Å². The second-order valence-corrected chi connectivity index (χ2v) is 7.49. The molecule has 0 bridgehead atoms. The maximum atomic E-state index is 11.7. The highest BCUT2D eigenvalue weighted by molar-refractivity contribution is 9.10. The van der Waals surface area contributed by atoms with Crippen molar-refractivity contribution >= 4 is 21.6 Å². The number of benzene rings is 2. The first-order valence-corrected chi connectivity index (χ1v) is 9.48. The molecule has 4 nitrogen and oxygen atoms in total. The average Bonchev–Trinajstić information content (AvgIpc) is 2.67. The predicted octanol–water partition coefficient (Wildman–Crippen LogP) is 4.86. The maximum absolute atomic E-state index is 11.7. The second-order valence-electron chi connectivity index (χ2n) is 6.58. The Morgan fingerprint density at radius 2 is 1.81 bits per heavy atom. The van der Waals surface area contributed by atoms with E-state index in [4.69, 9.17) is 0 Å². The molecule has 27 heavy (non-hydrogen) atoms. The molecule has 3 aromatic rings. The Morgan fingerprint density at radius 1 is 1.11 bits per heavy atom. The topological polar surface area (TPSA) is 54.6 Å². The van der Waals surface area contributed by atoms with Gasteiger partial charge in [0.15, 0.2) is 0 Å². The summed E-state index contributed by atoms with van der Waals surface area (Å²) in [6.45, 7) is 2.09. The zero-order chi connectivity index (χ0) is 19.4. The van der Waals surface area contributed by atoms with Gasteiger partial charge in [0.25, 0.3) is 0 Å². The Kier molecular flexibility index (Phi) is 5.91. The molecule has 0 aliphatic carbocycles. The zero-order valence-electron chi connectivity index (χ0n) is 15.3. The van der Waals surface area contributed by atoms with E-state index in [0.29, 0.717) is 12.1 Å². The lowest BCUT2D eigenvalue weighted by atomic mass is 9.83. The summed E-state index contributed by atoms with van der Waals surface area (Å²) in [5, 5.41) is 13.2. The third-order valence-corrected chi connectivity index (χ3v) is 5.30. The number of aryl methyl sites for hydroxylation is 2. The quantitative estimate of drug-likeness (QED) is 0.361. The molecule has 0 unspecified atom stereocenters. The standard InChI is InChI=1S/C22H21BrN2O2/c1-15-5-3-4-6-19(15)20(16-7-10-18(23)11-8-16)13-21(24-27)17-9-12-22(26)25(2)14-17/h3-12,14,20,27H,13H2,1-2H3/t20-/m1/s1. The van der Waals surface area contributed by atoms with Gasteiger partial charge in [-0.05, 0) is 41.8 Å². The fourth-order valence-corrected chi connectivity index (χ4v) is 3.52. The highest BCUT2D eigenvalue weighted by Crippen LogP contribution is 2.32. The van der Waals surface area contributed by atoms with Gasteiger partial charge in [0, 0.05) is 41.7 Å². The van der Waals surface area contributed by atoms with E-state index >= 15 is 0 Å². The fraction of sp³-hybridized carbons (Fsp3) is 0.182. The molecule has 1 N–H and O–H groups in total. The van der Waals surface area contributed by atoms with Gasteiger partial charge in [0.1, 0.15) is 0 Å². The van der Waals surface area contributed by atoms with Gasteiger partial charge in [-0.1, -0.05) is 57.5 Å². The van der Waals surface area contributed by atoms with E-state index < -0.39 is 0 Å². The van der Waals surface area contributed by atoms with Crippen LogP contribution in [0.5, 0.6) is 0 Å². The van der Waals surface area contributed by atoms with Gasteiger partial charge in [-0.25, -0.2) is 0 Å². The molecule has 138 valence electrons. The molecule has 1 heterocycles. The number of hydrogen-bond acceptors (Lipinski definition) is 3. The van der Waals surface area contributed by atoms with Crippen LogP contribution >= 0.6 is 15.9 Å². The molecule has 0 saturated heterocycles. The highest BCUT2D eigenvalue weighted by Gasteiger charge is 2.20. The van der Waals surface area contributed by atoms with Crippen molar-refractivity contribution in [3.63, 3.8) is 0 Å². The minimum absolute atomic E-state index is 0.0300. The number of rotatable bonds is 5. The van der Waals surface area contributed by atoms with Crippen molar-refractivity contribution in [2.75, 3.05) is 0 Å². The van der Waals surface area contributed by atoms with E-state index in [0.717, 1.165) is 15.6 Å². The summed E-state index contributed by atoms with van der Waals surface area (Å²) in [7, 11) is 1.69. The normalized spacial score (nSPS) is 12.8. The van der Waals surface area contributed by atoms with Crippen molar-refractivity contribution in [3.8, 4) is 0 Å². The minimum atomic E-state index is -0.0978. The molecule has 5 heteroatoms. The Hall–Kier alpha value is -2.66. The van der Waals surface area contributed by atoms with Crippen molar-refractivity contribution in [1.82, 2.24) is 4.57 Å². The minimum Gasteiger partial charge on any atom is -0.411 e. The van der Waals surface area contributed by atoms with Crippen LogP contribution in [0.15, 0.2) is 81.3 Å². The smallest absolute Gasteiger partial charge is 0.250 e. The summed E-state index contributed by atoms with van der Waals surface area (Å²) >= 11 is 3.49. The van der Waals surface area contributed by atoms with Gasteiger partial charge < -0.3 is 9.77 Å². The average molecular weight is 425 g/mol. The molecule has 2 aromatic carbocycles. The SMILES string of the molecule is Cc1ccccc1[C@H](CC(=NO)c1ccc(=O)n(C)c1)c1ccc(Br)cc1. The number of hydrogen-bond donors (Lipinski definition) is 1. The molecule has 1 atom stereocenters. The van der Waals surface area contributed by atoms with Gasteiger partial charge in [0.05, 0.1) is 5.71 Å². The van der Waals surface area contributed by atoms with Crippen LogP contribution in [0.25, 0.3) is 0 Å². The fourth-order valence-electron chi connectivity index (χ4n) is 3.25. The number of aromatic nitrogens is 1. The summed E-state index contributed by atoms with van der Waals surface area (Å²) in [6, 6.07) is 19.6. The van der Waals surface area contributed by atoms with Crippen molar-refractivity contribution in [2.45, 2.75) is 19.3 Å². The second kappa shape index (κ2) is 8.35. The Balaban J connectivity index is 2.04. The van der Waals surface area contributed by atoms with Crippen molar-refractivity contribution in [1.29, 1.82) is 0 Å². The van der Waals surface area contributed by atoms with E-state index in [1.807, 2.05) is 24.3 Å². The van der Waals surface area contributed by atoms with E-state index in [-0.39, 0.29) is 11.5 Å². The molecule has 0 spiro atoms. The largest absolute Gasteiger partial charge is 0.411 e. The third-order valence-electron chi connectivity index (χ3n) is 4.77. The van der Waals surface area contributed by atoms with Crippen LogP contribution < -0.4 is 5.56 Å². The van der Waals surface area contributed by atoms with Crippen LogP contribution in [0.4, 0.5) is 0 Å². The Morgan fingerprint density at radius 3 is 2.44 bits per heavy atom. The number of pyridine rings is 1. The highest BCUT2D eigenvalue weighted by atomic mass is 79.9. The Labute approximate surface area is 166 Å². The van der Waals surface area contributed by atoms with Crippen LogP contribution in [0.2, 0.25) is 0 Å². The first kappa shape index (κ1) is 19.1. The van der Waals surface area contributed by atoms with Gasteiger partial charge in [0.2, 0.25) is 5.56 Å². The van der Waals surface area contributed by atoms with Gasteiger partial charge in [-0.2, -0.15) is 0 Å². The van der Waals surface area contributed by atoms with Crippen molar-refractivity contribution in [3.05, 3.63) is 104 Å². The number of nitrogens with zero attached hydrogens (tertiary/aromatic N) is 2. The molecule has 1 aromatic heterocycles. The molecule has 0 amide bonds. The van der Waals surface area contributed by atoms with Gasteiger partial charge >= 0.3 is 0 Å². The van der Waals surface area contributed by atoms with E-state index in [1.54, 1.807) is 19.3 Å².